The van der Waals surface area contributed by atoms with Crippen LogP contribution in [0.25, 0.3) is 0 Å². The standard InChI is InChI=1S/C18H24F3N3O3/c1-24-8-5-14(24)15(25)22-10-11-9-13(19)17(23-16(11)26-2)27-12-3-6-18(20,21)7-4-12/h9,12,14H,3-8,10H2,1-2H3,(H,22,25). The maximum atomic E-state index is 14.4. The maximum Gasteiger partial charge on any atom is 0.254 e. The Balaban J connectivity index is 1.63. The van der Waals surface area contributed by atoms with E-state index in [4.69, 9.17) is 9.47 Å². The minimum absolute atomic E-state index is 0.0756. The van der Waals surface area contributed by atoms with Gasteiger partial charge >= 0.3 is 0 Å². The molecule has 150 valence electrons. The van der Waals surface area contributed by atoms with E-state index in [-0.39, 0.29) is 55.9 Å². The van der Waals surface area contributed by atoms with Crippen molar-refractivity contribution in [2.75, 3.05) is 20.7 Å². The second-order valence-electron chi connectivity index (χ2n) is 7.12. The quantitative estimate of drug-likeness (QED) is 0.813. The molecule has 1 saturated heterocycles. The van der Waals surface area contributed by atoms with E-state index in [1.807, 2.05) is 11.9 Å². The molecule has 1 saturated carbocycles. The van der Waals surface area contributed by atoms with Gasteiger partial charge in [-0.3, -0.25) is 9.69 Å². The molecular formula is C18H24F3N3O3. The molecule has 0 radical (unpaired) electrons. The summed E-state index contributed by atoms with van der Waals surface area (Å²) in [6.45, 7) is 0.947. The predicted octanol–water partition coefficient (Wildman–Crippen LogP) is 2.51. The number of nitrogens with zero attached hydrogens (tertiary/aromatic N) is 2. The lowest BCUT2D eigenvalue weighted by Gasteiger charge is -2.36. The molecule has 6 nitrogen and oxygen atoms in total. The van der Waals surface area contributed by atoms with Crippen LogP contribution in [0.2, 0.25) is 0 Å². The third-order valence-corrected chi connectivity index (χ3v) is 5.16. The summed E-state index contributed by atoms with van der Waals surface area (Å²) in [5, 5.41) is 2.75. The van der Waals surface area contributed by atoms with E-state index in [9.17, 15) is 18.0 Å². The zero-order chi connectivity index (χ0) is 19.6. The molecule has 27 heavy (non-hydrogen) atoms. The molecule has 0 aromatic carbocycles. The highest BCUT2D eigenvalue weighted by molar-refractivity contribution is 5.82. The van der Waals surface area contributed by atoms with Gasteiger partial charge in [0.15, 0.2) is 5.82 Å². The second kappa shape index (κ2) is 7.92. The van der Waals surface area contributed by atoms with Crippen LogP contribution < -0.4 is 14.8 Å². The third kappa shape index (κ3) is 4.63. The molecule has 9 heteroatoms. The minimum atomic E-state index is -2.68. The Morgan fingerprint density at radius 1 is 1.33 bits per heavy atom. The number of hydrogen-bond acceptors (Lipinski definition) is 5. The van der Waals surface area contributed by atoms with Crippen LogP contribution >= 0.6 is 0 Å². The Hall–Kier alpha value is -2.03. The number of aromatic nitrogens is 1. The Morgan fingerprint density at radius 3 is 2.59 bits per heavy atom. The molecule has 1 aliphatic heterocycles. The number of likely N-dealkylation sites (tertiary alicyclic amines) is 1. The minimum Gasteiger partial charge on any atom is -0.481 e. The average Bonchev–Trinajstić information content (AvgIpc) is 2.62. The molecule has 1 N–H and O–H groups in total. The molecule has 0 bridgehead atoms. The van der Waals surface area contributed by atoms with E-state index in [0.717, 1.165) is 13.0 Å². The molecule has 1 aromatic rings. The van der Waals surface area contributed by atoms with Crippen LogP contribution in [-0.2, 0) is 11.3 Å². The van der Waals surface area contributed by atoms with Crippen molar-refractivity contribution in [3.05, 3.63) is 17.4 Å². The Bertz CT molecular complexity index is 692. The fourth-order valence-electron chi connectivity index (χ4n) is 3.32. The van der Waals surface area contributed by atoms with Crippen molar-refractivity contribution in [1.82, 2.24) is 15.2 Å². The number of hydrogen-bond donors (Lipinski definition) is 1. The number of carbonyl (C=O) groups excluding carboxylic acids is 1. The van der Waals surface area contributed by atoms with Gasteiger partial charge in [-0.05, 0) is 32.4 Å². The van der Waals surface area contributed by atoms with Crippen LogP contribution in [0.4, 0.5) is 13.2 Å². The highest BCUT2D eigenvalue weighted by Crippen LogP contribution is 2.35. The maximum absolute atomic E-state index is 14.4. The van der Waals surface area contributed by atoms with Gasteiger partial charge in [-0.15, -0.1) is 0 Å². The van der Waals surface area contributed by atoms with Crippen LogP contribution in [0.1, 0.15) is 37.7 Å². The lowest BCUT2D eigenvalue weighted by atomic mass is 9.94. The van der Waals surface area contributed by atoms with E-state index in [1.165, 1.54) is 13.2 Å². The zero-order valence-electron chi connectivity index (χ0n) is 15.4. The van der Waals surface area contributed by atoms with Crippen molar-refractivity contribution >= 4 is 5.91 Å². The summed E-state index contributed by atoms with van der Waals surface area (Å²) in [4.78, 5) is 18.0. The molecule has 2 heterocycles. The summed E-state index contributed by atoms with van der Waals surface area (Å²) in [7, 11) is 3.25. The van der Waals surface area contributed by atoms with E-state index in [0.29, 0.717) is 5.56 Å². The number of nitrogens with one attached hydrogen (secondary N) is 1. The molecule has 3 rings (SSSR count). The number of pyridine rings is 1. The number of carbonyl (C=O) groups is 1. The van der Waals surface area contributed by atoms with Crippen LogP contribution in [0.5, 0.6) is 11.8 Å². The highest BCUT2D eigenvalue weighted by atomic mass is 19.3. The van der Waals surface area contributed by atoms with E-state index >= 15 is 0 Å². The van der Waals surface area contributed by atoms with Gasteiger partial charge in [-0.1, -0.05) is 0 Å². The van der Waals surface area contributed by atoms with Gasteiger partial charge in [0.2, 0.25) is 17.7 Å². The largest absolute Gasteiger partial charge is 0.481 e. The van der Waals surface area contributed by atoms with Crippen molar-refractivity contribution in [3.8, 4) is 11.8 Å². The predicted molar refractivity (Wildman–Crippen MR) is 91.5 cm³/mol. The van der Waals surface area contributed by atoms with Crippen molar-refractivity contribution in [2.45, 2.75) is 56.7 Å². The SMILES string of the molecule is COc1nc(OC2CCC(F)(F)CC2)c(F)cc1CNC(=O)C1CCN1C. The van der Waals surface area contributed by atoms with Crippen molar-refractivity contribution in [3.63, 3.8) is 0 Å². The molecule has 2 aliphatic rings. The van der Waals surface area contributed by atoms with Crippen molar-refractivity contribution in [1.29, 1.82) is 0 Å². The van der Waals surface area contributed by atoms with Gasteiger partial charge in [-0.2, -0.15) is 4.98 Å². The topological polar surface area (TPSA) is 63.7 Å². The summed E-state index contributed by atoms with van der Waals surface area (Å²) >= 11 is 0. The van der Waals surface area contributed by atoms with Gasteiger partial charge in [0.05, 0.1) is 13.2 Å². The third-order valence-electron chi connectivity index (χ3n) is 5.16. The molecule has 1 atom stereocenters. The Kier molecular flexibility index (Phi) is 5.78. The molecular weight excluding hydrogens is 363 g/mol. The number of methoxy groups -OCH3 is 1. The summed E-state index contributed by atoms with van der Waals surface area (Å²) in [6, 6.07) is 1.03. The number of likely N-dealkylation sites (N-methyl/N-ethyl adjacent to an activating group) is 1. The van der Waals surface area contributed by atoms with Crippen LogP contribution in [0, 0.1) is 5.82 Å². The number of amides is 1. The lowest BCUT2D eigenvalue weighted by molar-refractivity contribution is -0.129. The van der Waals surface area contributed by atoms with Crippen LogP contribution in [-0.4, -0.2) is 54.6 Å². The normalized spacial score (nSPS) is 22.8. The van der Waals surface area contributed by atoms with Crippen molar-refractivity contribution < 1.29 is 27.4 Å². The van der Waals surface area contributed by atoms with E-state index in [2.05, 4.69) is 10.3 Å². The average molecular weight is 387 g/mol. The Morgan fingerprint density at radius 2 is 2.04 bits per heavy atom. The monoisotopic (exact) mass is 387 g/mol. The van der Waals surface area contributed by atoms with Gasteiger partial charge in [0.25, 0.3) is 5.88 Å². The van der Waals surface area contributed by atoms with Crippen LogP contribution in [0.15, 0.2) is 6.07 Å². The molecule has 0 spiro atoms. The van der Waals surface area contributed by atoms with Crippen LogP contribution in [0.3, 0.4) is 0 Å². The van der Waals surface area contributed by atoms with Gasteiger partial charge in [-0.25, -0.2) is 13.2 Å². The first-order chi connectivity index (χ1) is 12.8. The van der Waals surface area contributed by atoms with E-state index in [1.54, 1.807) is 0 Å². The summed E-state index contributed by atoms with van der Waals surface area (Å²) in [5.41, 5.74) is 0.382. The number of ether oxygens (including phenoxy) is 2. The van der Waals surface area contributed by atoms with Crippen molar-refractivity contribution in [2.24, 2.45) is 0 Å². The second-order valence-corrected chi connectivity index (χ2v) is 7.12. The smallest absolute Gasteiger partial charge is 0.254 e. The van der Waals surface area contributed by atoms with Gasteiger partial charge < -0.3 is 14.8 Å². The number of alkyl halides is 2. The summed E-state index contributed by atoms with van der Waals surface area (Å²) in [5.74, 6) is -3.65. The highest BCUT2D eigenvalue weighted by Gasteiger charge is 2.36. The molecule has 1 unspecified atom stereocenters. The molecule has 1 aliphatic carbocycles. The zero-order valence-corrected chi connectivity index (χ0v) is 15.4. The summed E-state index contributed by atoms with van der Waals surface area (Å²) in [6.07, 6.45) is 0.00813. The van der Waals surface area contributed by atoms with Gasteiger partial charge in [0.1, 0.15) is 6.10 Å². The molecule has 1 amide bonds. The molecule has 1 aromatic heterocycles. The first-order valence-corrected chi connectivity index (χ1v) is 9.05. The van der Waals surface area contributed by atoms with Gasteiger partial charge in [0, 0.05) is 31.5 Å². The first kappa shape index (κ1) is 19.7. The lowest BCUT2D eigenvalue weighted by Crippen LogP contribution is -2.53. The molecule has 2 fully saturated rings. The fraction of sp³-hybridized carbons (Fsp3) is 0.667. The number of rotatable bonds is 6. The Labute approximate surface area is 156 Å². The summed E-state index contributed by atoms with van der Waals surface area (Å²) < 4.78 is 51.5. The fourth-order valence-corrected chi connectivity index (χ4v) is 3.32. The first-order valence-electron chi connectivity index (χ1n) is 9.05. The van der Waals surface area contributed by atoms with E-state index < -0.39 is 17.8 Å². The number of halogens is 3.